The molecule has 112 valence electrons. The maximum absolute atomic E-state index is 11.9. The van der Waals surface area contributed by atoms with E-state index in [-0.39, 0.29) is 22.9 Å². The van der Waals surface area contributed by atoms with E-state index in [9.17, 15) is 4.79 Å². The highest BCUT2D eigenvalue weighted by molar-refractivity contribution is 5.91. The van der Waals surface area contributed by atoms with E-state index in [0.29, 0.717) is 24.7 Å². The summed E-state index contributed by atoms with van der Waals surface area (Å²) in [4.78, 5) is 11.9. The van der Waals surface area contributed by atoms with Crippen LogP contribution in [0.2, 0.25) is 0 Å². The number of carbonyl (C=O) groups excluding carboxylic acids is 1. The molecule has 0 saturated carbocycles. The van der Waals surface area contributed by atoms with Gasteiger partial charge in [-0.3, -0.25) is 0 Å². The first kappa shape index (κ1) is 15.3. The molecule has 0 radical (unpaired) electrons. The molecule has 2 unspecified atom stereocenters. The molecule has 20 heavy (non-hydrogen) atoms. The summed E-state index contributed by atoms with van der Waals surface area (Å²) in [6.45, 7) is 12.5. The summed E-state index contributed by atoms with van der Waals surface area (Å²) >= 11 is 0. The van der Waals surface area contributed by atoms with Crippen LogP contribution in [0.1, 0.15) is 41.0 Å². The third kappa shape index (κ3) is 3.32. The minimum Gasteiger partial charge on any atom is -0.459 e. The summed E-state index contributed by atoms with van der Waals surface area (Å²) in [6, 6.07) is 0. The van der Waals surface area contributed by atoms with Crippen molar-refractivity contribution in [2.24, 2.45) is 16.7 Å². The van der Waals surface area contributed by atoms with Crippen LogP contribution in [-0.4, -0.2) is 25.3 Å². The second-order valence-corrected chi connectivity index (χ2v) is 7.39. The molecule has 0 amide bonds. The van der Waals surface area contributed by atoms with Gasteiger partial charge >= 0.3 is 5.97 Å². The summed E-state index contributed by atoms with van der Waals surface area (Å²) in [5.41, 5.74) is 1.07. The zero-order chi connectivity index (χ0) is 15.0. The molecule has 0 bridgehead atoms. The highest BCUT2D eigenvalue weighted by Gasteiger charge is 2.39. The summed E-state index contributed by atoms with van der Waals surface area (Å²) in [5, 5.41) is 0. The number of hydrogen-bond acceptors (Lipinski definition) is 3. The van der Waals surface area contributed by atoms with Crippen LogP contribution < -0.4 is 0 Å². The smallest absolute Gasteiger partial charge is 0.337 e. The molecule has 1 heterocycles. The molecular weight excluding hydrogens is 252 g/mol. The standard InChI is InChI=1S/C17H26O3/c1-16(2,3)17(4,5)13-8-6-12(7-9-13)15(18)20-11-14-10-19-14/h6-8,13-14H,9-11H2,1-5H3. The first-order valence-corrected chi connectivity index (χ1v) is 7.39. The van der Waals surface area contributed by atoms with Crippen molar-refractivity contribution >= 4 is 5.97 Å². The summed E-state index contributed by atoms with van der Waals surface area (Å²) in [7, 11) is 0. The Balaban J connectivity index is 1.93. The average Bonchev–Trinajstić information content (AvgIpc) is 3.19. The van der Waals surface area contributed by atoms with Gasteiger partial charge in [-0.1, -0.05) is 52.8 Å². The molecule has 1 saturated heterocycles. The van der Waals surface area contributed by atoms with E-state index in [0.717, 1.165) is 6.42 Å². The lowest BCUT2D eigenvalue weighted by Gasteiger charge is -2.44. The van der Waals surface area contributed by atoms with Gasteiger partial charge in [-0.05, 0) is 23.2 Å². The zero-order valence-corrected chi connectivity index (χ0v) is 13.2. The van der Waals surface area contributed by atoms with E-state index in [1.807, 2.05) is 12.2 Å². The van der Waals surface area contributed by atoms with Crippen molar-refractivity contribution in [3.05, 3.63) is 23.8 Å². The Bertz CT molecular complexity index is 434. The fraction of sp³-hybridized carbons (Fsp3) is 0.706. The van der Waals surface area contributed by atoms with E-state index in [1.54, 1.807) is 0 Å². The van der Waals surface area contributed by atoms with Crippen molar-refractivity contribution < 1.29 is 14.3 Å². The normalized spacial score (nSPS) is 26.1. The highest BCUT2D eigenvalue weighted by atomic mass is 16.6. The number of carbonyl (C=O) groups is 1. The van der Waals surface area contributed by atoms with E-state index in [2.05, 4.69) is 40.7 Å². The number of ether oxygens (including phenoxy) is 2. The molecule has 0 spiro atoms. The van der Waals surface area contributed by atoms with Gasteiger partial charge in [0.2, 0.25) is 0 Å². The third-order valence-electron chi connectivity index (χ3n) is 5.00. The largest absolute Gasteiger partial charge is 0.459 e. The van der Waals surface area contributed by atoms with Gasteiger partial charge in [0, 0.05) is 0 Å². The highest BCUT2D eigenvalue weighted by Crippen LogP contribution is 2.47. The Morgan fingerprint density at radius 2 is 2.00 bits per heavy atom. The molecule has 0 aromatic rings. The van der Waals surface area contributed by atoms with Crippen LogP contribution in [0.25, 0.3) is 0 Å². The van der Waals surface area contributed by atoms with Gasteiger partial charge in [0.1, 0.15) is 12.7 Å². The Hall–Kier alpha value is -1.09. The second-order valence-electron chi connectivity index (χ2n) is 7.39. The zero-order valence-electron chi connectivity index (χ0n) is 13.2. The lowest BCUT2D eigenvalue weighted by Crippen LogP contribution is -2.36. The van der Waals surface area contributed by atoms with E-state index in [4.69, 9.17) is 9.47 Å². The fourth-order valence-corrected chi connectivity index (χ4v) is 2.28. The molecule has 3 heteroatoms. The topological polar surface area (TPSA) is 38.8 Å². The van der Waals surface area contributed by atoms with Gasteiger partial charge in [0.05, 0.1) is 12.2 Å². The van der Waals surface area contributed by atoms with E-state index in [1.165, 1.54) is 0 Å². The molecule has 1 aliphatic heterocycles. The minimum atomic E-state index is -0.233. The van der Waals surface area contributed by atoms with Crippen molar-refractivity contribution in [3.63, 3.8) is 0 Å². The Labute approximate surface area is 122 Å². The maximum atomic E-state index is 11.9. The van der Waals surface area contributed by atoms with Gasteiger partial charge in [0.15, 0.2) is 0 Å². The lowest BCUT2D eigenvalue weighted by molar-refractivity contribution is -0.139. The van der Waals surface area contributed by atoms with Crippen molar-refractivity contribution in [3.8, 4) is 0 Å². The Morgan fingerprint density at radius 3 is 2.45 bits per heavy atom. The number of epoxide rings is 1. The second kappa shape index (κ2) is 5.36. The number of hydrogen-bond donors (Lipinski definition) is 0. The molecule has 1 aliphatic carbocycles. The van der Waals surface area contributed by atoms with Crippen LogP contribution in [0.3, 0.4) is 0 Å². The molecule has 2 rings (SSSR count). The van der Waals surface area contributed by atoms with Crippen LogP contribution in [0.15, 0.2) is 23.8 Å². The number of allylic oxidation sites excluding steroid dienone is 2. The number of rotatable bonds is 4. The van der Waals surface area contributed by atoms with Crippen molar-refractivity contribution in [2.75, 3.05) is 13.2 Å². The van der Waals surface area contributed by atoms with Gasteiger partial charge in [-0.15, -0.1) is 0 Å². The predicted octanol–water partition coefficient (Wildman–Crippen LogP) is 3.50. The van der Waals surface area contributed by atoms with Crippen LogP contribution in [0, 0.1) is 16.7 Å². The van der Waals surface area contributed by atoms with Crippen LogP contribution in [-0.2, 0) is 14.3 Å². The first-order chi connectivity index (χ1) is 9.22. The SMILES string of the molecule is CC(C)(C)C(C)(C)C1C=CC(C(=O)OCC2CO2)=CC1. The summed E-state index contributed by atoms with van der Waals surface area (Å²) in [5.74, 6) is 0.217. The van der Waals surface area contributed by atoms with Crippen LogP contribution >= 0.6 is 0 Å². The molecule has 0 aromatic heterocycles. The predicted molar refractivity (Wildman–Crippen MR) is 79.3 cm³/mol. The fourth-order valence-electron chi connectivity index (χ4n) is 2.28. The number of esters is 1. The van der Waals surface area contributed by atoms with Gasteiger partial charge in [-0.25, -0.2) is 4.79 Å². The average molecular weight is 278 g/mol. The van der Waals surface area contributed by atoms with Crippen LogP contribution in [0.5, 0.6) is 0 Å². The third-order valence-corrected chi connectivity index (χ3v) is 5.00. The molecule has 3 nitrogen and oxygen atoms in total. The quantitative estimate of drug-likeness (QED) is 0.583. The minimum absolute atomic E-state index is 0.125. The van der Waals surface area contributed by atoms with E-state index < -0.39 is 0 Å². The monoisotopic (exact) mass is 278 g/mol. The molecular formula is C17H26O3. The van der Waals surface area contributed by atoms with Crippen molar-refractivity contribution in [2.45, 2.75) is 47.1 Å². The Morgan fingerprint density at radius 1 is 1.35 bits per heavy atom. The van der Waals surface area contributed by atoms with Crippen molar-refractivity contribution in [1.82, 2.24) is 0 Å². The molecule has 0 aromatic carbocycles. The van der Waals surface area contributed by atoms with Gasteiger partial charge in [0.25, 0.3) is 0 Å². The lowest BCUT2D eigenvalue weighted by atomic mass is 9.60. The first-order valence-electron chi connectivity index (χ1n) is 7.39. The van der Waals surface area contributed by atoms with Gasteiger partial charge < -0.3 is 9.47 Å². The summed E-state index contributed by atoms with van der Waals surface area (Å²) in [6.07, 6.45) is 7.10. The maximum Gasteiger partial charge on any atom is 0.337 e. The molecule has 2 aliphatic rings. The molecule has 0 N–H and O–H groups in total. The Kier molecular flexibility index (Phi) is 4.10. The molecule has 1 fully saturated rings. The van der Waals surface area contributed by atoms with Crippen LogP contribution in [0.4, 0.5) is 0 Å². The van der Waals surface area contributed by atoms with E-state index >= 15 is 0 Å². The summed E-state index contributed by atoms with van der Waals surface area (Å²) < 4.78 is 10.2. The van der Waals surface area contributed by atoms with Gasteiger partial charge in [-0.2, -0.15) is 0 Å². The van der Waals surface area contributed by atoms with Crippen molar-refractivity contribution in [1.29, 1.82) is 0 Å². The molecule has 2 atom stereocenters.